The van der Waals surface area contributed by atoms with Crippen LogP contribution in [-0.2, 0) is 0 Å². The number of hydrogen-bond donors (Lipinski definition) is 1. The van der Waals surface area contributed by atoms with E-state index in [1.807, 2.05) is 31.2 Å². The average Bonchev–Trinajstić information content (AvgIpc) is 2.86. The maximum Gasteiger partial charge on any atom is 0.270 e. The summed E-state index contributed by atoms with van der Waals surface area (Å²) in [4.78, 5) is 12.8. The first-order valence-corrected chi connectivity index (χ1v) is 8.62. The first-order valence-electron chi connectivity index (χ1n) is 8.62. The zero-order chi connectivity index (χ0) is 18.5. The molecule has 2 aromatic rings. The second kappa shape index (κ2) is 5.85. The summed E-state index contributed by atoms with van der Waals surface area (Å²) < 4.78 is 6.51. The van der Waals surface area contributed by atoms with Crippen LogP contribution in [0.4, 0.5) is 11.4 Å². The van der Waals surface area contributed by atoms with Crippen LogP contribution in [0.1, 0.15) is 30.9 Å². The summed E-state index contributed by atoms with van der Waals surface area (Å²) in [7, 11) is 0. The third-order valence-electron chi connectivity index (χ3n) is 5.41. The number of hydrogen-bond acceptors (Lipinski definition) is 5. The quantitative estimate of drug-likeness (QED) is 0.673. The smallest absolute Gasteiger partial charge is 0.270 e. The molecule has 0 bridgehead atoms. The number of benzene rings is 2. The maximum absolute atomic E-state index is 11.1. The van der Waals surface area contributed by atoms with Crippen molar-refractivity contribution in [3.63, 3.8) is 0 Å². The van der Waals surface area contributed by atoms with Gasteiger partial charge in [0.1, 0.15) is 5.75 Å². The van der Waals surface area contributed by atoms with E-state index in [1.54, 1.807) is 6.07 Å². The van der Waals surface area contributed by atoms with E-state index in [-0.39, 0.29) is 18.2 Å². The Kier molecular flexibility index (Phi) is 3.73. The first-order chi connectivity index (χ1) is 12.5. The topological polar surface area (TPSA) is 75.8 Å². The van der Waals surface area contributed by atoms with Crippen LogP contribution in [0.15, 0.2) is 48.0 Å². The molecule has 1 N–H and O–H groups in total. The van der Waals surface area contributed by atoms with Gasteiger partial charge in [0.2, 0.25) is 5.72 Å². The molecule has 6 heteroatoms. The minimum atomic E-state index is -0.741. The molecule has 2 aliphatic rings. The number of nitro benzene ring substituents is 1. The van der Waals surface area contributed by atoms with Crippen molar-refractivity contribution in [3.8, 4) is 5.75 Å². The molecule has 134 valence electrons. The van der Waals surface area contributed by atoms with Gasteiger partial charge in [-0.2, -0.15) is 0 Å². The molecule has 2 heterocycles. The summed E-state index contributed by atoms with van der Waals surface area (Å²) in [6.45, 7) is 4.54. The maximum atomic E-state index is 11.1. The Morgan fingerprint density at radius 3 is 2.81 bits per heavy atom. The molecule has 4 rings (SSSR count). The highest BCUT2D eigenvalue weighted by Gasteiger charge is 2.54. The molecule has 0 radical (unpaired) electrons. The van der Waals surface area contributed by atoms with Crippen LogP contribution in [-0.4, -0.2) is 28.9 Å². The highest BCUT2D eigenvalue weighted by atomic mass is 16.6. The van der Waals surface area contributed by atoms with Gasteiger partial charge in [-0.25, -0.2) is 0 Å². The molecular formula is C20H20N2O4. The van der Waals surface area contributed by atoms with Crippen LogP contribution < -0.4 is 9.64 Å². The summed E-state index contributed by atoms with van der Waals surface area (Å²) in [6, 6.07) is 12.8. The molecule has 0 aliphatic carbocycles. The zero-order valence-corrected chi connectivity index (χ0v) is 14.7. The van der Waals surface area contributed by atoms with Crippen molar-refractivity contribution in [2.75, 3.05) is 18.1 Å². The number of nitrogens with zero attached hydrogens (tertiary/aromatic N) is 2. The number of rotatable bonds is 3. The van der Waals surface area contributed by atoms with Crippen LogP contribution in [0.2, 0.25) is 0 Å². The summed E-state index contributed by atoms with van der Waals surface area (Å²) in [5.74, 6) is 0.661. The van der Waals surface area contributed by atoms with Crippen molar-refractivity contribution in [1.29, 1.82) is 0 Å². The van der Waals surface area contributed by atoms with Gasteiger partial charge in [-0.3, -0.25) is 10.1 Å². The lowest BCUT2D eigenvalue weighted by Gasteiger charge is -2.45. The lowest BCUT2D eigenvalue weighted by Crippen LogP contribution is -2.56. The largest absolute Gasteiger partial charge is 0.463 e. The van der Waals surface area contributed by atoms with Crippen LogP contribution in [0, 0.1) is 10.1 Å². The minimum Gasteiger partial charge on any atom is -0.463 e. The number of nitro groups is 1. The molecule has 0 saturated carbocycles. The van der Waals surface area contributed by atoms with E-state index in [1.165, 1.54) is 17.7 Å². The number of ether oxygens (including phenoxy) is 1. The Bertz CT molecular complexity index is 924. The van der Waals surface area contributed by atoms with E-state index in [9.17, 15) is 15.2 Å². The molecule has 2 unspecified atom stereocenters. The molecule has 1 spiro atoms. The molecule has 2 atom stereocenters. The average molecular weight is 352 g/mol. The number of aliphatic hydroxyl groups excluding tert-OH is 1. The Balaban J connectivity index is 1.86. The van der Waals surface area contributed by atoms with Gasteiger partial charge in [-0.15, -0.1) is 0 Å². The molecule has 6 nitrogen and oxygen atoms in total. The third-order valence-corrected chi connectivity index (χ3v) is 5.41. The molecule has 26 heavy (non-hydrogen) atoms. The van der Waals surface area contributed by atoms with Crippen molar-refractivity contribution >= 4 is 17.5 Å². The Labute approximate surface area is 151 Å². The van der Waals surface area contributed by atoms with Gasteiger partial charge >= 0.3 is 0 Å². The lowest BCUT2D eigenvalue weighted by atomic mass is 9.85. The fourth-order valence-corrected chi connectivity index (χ4v) is 4.25. The number of fused-ring (bicyclic) bond motifs is 2. The molecule has 0 amide bonds. The third kappa shape index (κ3) is 2.15. The molecule has 2 aliphatic heterocycles. The molecule has 0 saturated heterocycles. The van der Waals surface area contributed by atoms with Crippen molar-refractivity contribution in [1.82, 2.24) is 0 Å². The number of para-hydroxylation sites is 1. The second-order valence-corrected chi connectivity index (χ2v) is 6.76. The zero-order valence-electron chi connectivity index (χ0n) is 14.7. The Hall–Kier alpha value is -2.86. The summed E-state index contributed by atoms with van der Waals surface area (Å²) >= 11 is 0. The van der Waals surface area contributed by atoms with Gasteiger partial charge in [0.25, 0.3) is 5.69 Å². The highest BCUT2D eigenvalue weighted by Crippen LogP contribution is 2.54. The summed E-state index contributed by atoms with van der Waals surface area (Å²) in [5.41, 5.74) is 3.18. The van der Waals surface area contributed by atoms with Gasteiger partial charge in [-0.05, 0) is 36.3 Å². The fraction of sp³-hybridized carbons (Fsp3) is 0.300. The van der Waals surface area contributed by atoms with E-state index in [0.29, 0.717) is 17.9 Å². The minimum absolute atomic E-state index is 0.00651. The van der Waals surface area contributed by atoms with Crippen molar-refractivity contribution in [2.24, 2.45) is 0 Å². The summed E-state index contributed by atoms with van der Waals surface area (Å²) in [5, 5.41) is 20.7. The summed E-state index contributed by atoms with van der Waals surface area (Å²) in [6.07, 6.45) is 1.96. The predicted octanol–water partition coefficient (Wildman–Crippen LogP) is 3.70. The molecule has 0 fully saturated rings. The van der Waals surface area contributed by atoms with Crippen molar-refractivity contribution in [3.05, 3.63) is 69.3 Å². The van der Waals surface area contributed by atoms with Crippen LogP contribution in [0.3, 0.4) is 0 Å². The SMILES string of the molecule is CC1=Cc2cc([N+](=O)[O-])ccc2OC12C(C)c1ccccc1N2CCO. The van der Waals surface area contributed by atoms with Crippen molar-refractivity contribution < 1.29 is 14.8 Å². The Morgan fingerprint density at radius 1 is 1.31 bits per heavy atom. The standard InChI is InChI=1S/C20H20N2O4/c1-13-11-15-12-16(22(24)25)7-8-19(15)26-20(13)14(2)17-5-3-4-6-18(17)21(20)9-10-23/h3-8,11-12,14,23H,9-10H2,1-2H3. The fourth-order valence-electron chi connectivity index (χ4n) is 4.25. The number of anilines is 1. The van der Waals surface area contributed by atoms with Crippen LogP contribution >= 0.6 is 0 Å². The van der Waals surface area contributed by atoms with E-state index in [4.69, 9.17) is 4.74 Å². The van der Waals surface area contributed by atoms with Crippen LogP contribution in [0.25, 0.3) is 6.08 Å². The van der Waals surface area contributed by atoms with Crippen molar-refractivity contribution in [2.45, 2.75) is 25.5 Å². The monoisotopic (exact) mass is 352 g/mol. The Morgan fingerprint density at radius 2 is 2.08 bits per heavy atom. The van der Waals surface area contributed by atoms with Gasteiger partial charge in [-0.1, -0.05) is 25.1 Å². The highest BCUT2D eigenvalue weighted by molar-refractivity contribution is 5.73. The second-order valence-electron chi connectivity index (χ2n) is 6.76. The van der Waals surface area contributed by atoms with E-state index < -0.39 is 10.6 Å². The van der Waals surface area contributed by atoms with E-state index in [2.05, 4.69) is 17.9 Å². The first kappa shape index (κ1) is 16.6. The molecule has 0 aromatic heterocycles. The van der Waals surface area contributed by atoms with E-state index in [0.717, 1.165) is 11.3 Å². The normalized spacial score (nSPS) is 23.3. The number of aliphatic hydroxyl groups is 1. The van der Waals surface area contributed by atoms with Crippen LogP contribution in [0.5, 0.6) is 5.75 Å². The lowest BCUT2D eigenvalue weighted by molar-refractivity contribution is -0.384. The van der Waals surface area contributed by atoms with Gasteiger partial charge in [0, 0.05) is 35.8 Å². The molecule has 2 aromatic carbocycles. The van der Waals surface area contributed by atoms with E-state index >= 15 is 0 Å². The number of non-ortho nitro benzene ring substituents is 1. The van der Waals surface area contributed by atoms with Gasteiger partial charge in [0.15, 0.2) is 0 Å². The predicted molar refractivity (Wildman–Crippen MR) is 99.4 cm³/mol. The molecular weight excluding hydrogens is 332 g/mol. The number of β-amino-alcohol motifs (C(OH)–C–C–N with tert-alkyl or cyclic N) is 1. The van der Waals surface area contributed by atoms with Gasteiger partial charge < -0.3 is 14.7 Å². The van der Waals surface area contributed by atoms with Gasteiger partial charge in [0.05, 0.1) is 11.5 Å².